The monoisotopic (exact) mass is 249 g/mol. The molecule has 100 valence electrons. The lowest BCUT2D eigenvalue weighted by Gasteiger charge is -2.37. The van der Waals surface area contributed by atoms with E-state index in [0.29, 0.717) is 0 Å². The number of piperidine rings is 1. The Kier molecular flexibility index (Phi) is 4.25. The normalized spacial score (nSPS) is 23.9. The number of aliphatic hydroxyl groups is 1. The molecule has 0 radical (unpaired) electrons. The zero-order valence-corrected chi connectivity index (χ0v) is 11.3. The van der Waals surface area contributed by atoms with E-state index in [0.717, 1.165) is 38.1 Å². The van der Waals surface area contributed by atoms with Crippen molar-refractivity contribution < 1.29 is 9.84 Å². The molecule has 1 fully saturated rings. The molecule has 0 amide bonds. The van der Waals surface area contributed by atoms with Crippen LogP contribution in [0.3, 0.4) is 0 Å². The molecule has 1 aliphatic rings. The Morgan fingerprint density at radius 2 is 2.28 bits per heavy atom. The van der Waals surface area contributed by atoms with Crippen LogP contribution in [0.15, 0.2) is 18.2 Å². The van der Waals surface area contributed by atoms with Gasteiger partial charge in [-0.25, -0.2) is 0 Å². The van der Waals surface area contributed by atoms with E-state index in [9.17, 15) is 5.11 Å². The van der Waals surface area contributed by atoms with Crippen LogP contribution in [0.25, 0.3) is 0 Å². The molecule has 1 aromatic carbocycles. The van der Waals surface area contributed by atoms with Crippen molar-refractivity contribution in [2.45, 2.75) is 31.6 Å². The lowest BCUT2D eigenvalue weighted by atomic mass is 9.75. The molecular formula is C15H23NO2. The number of hydrogen-bond donors (Lipinski definition) is 2. The van der Waals surface area contributed by atoms with Crippen LogP contribution < -0.4 is 10.1 Å². The van der Waals surface area contributed by atoms with E-state index in [2.05, 4.69) is 24.4 Å². The summed E-state index contributed by atoms with van der Waals surface area (Å²) in [6, 6.07) is 6.32. The summed E-state index contributed by atoms with van der Waals surface area (Å²) in [6.07, 6.45) is 3.12. The first-order chi connectivity index (χ1) is 8.75. The van der Waals surface area contributed by atoms with Crippen LogP contribution in [0.5, 0.6) is 5.75 Å². The molecular weight excluding hydrogens is 226 g/mol. The van der Waals surface area contributed by atoms with Crippen molar-refractivity contribution in [2.75, 3.05) is 26.8 Å². The summed E-state index contributed by atoms with van der Waals surface area (Å²) in [4.78, 5) is 0. The average Bonchev–Trinajstić information content (AvgIpc) is 2.47. The first-order valence-corrected chi connectivity index (χ1v) is 6.75. The van der Waals surface area contributed by atoms with Gasteiger partial charge in [-0.2, -0.15) is 0 Å². The van der Waals surface area contributed by atoms with Gasteiger partial charge in [-0.15, -0.1) is 0 Å². The van der Waals surface area contributed by atoms with E-state index in [1.54, 1.807) is 7.11 Å². The Hall–Kier alpha value is -1.06. The first kappa shape index (κ1) is 13.4. The molecule has 1 atom stereocenters. The van der Waals surface area contributed by atoms with Crippen LogP contribution in [0.4, 0.5) is 0 Å². The molecule has 0 bridgehead atoms. The van der Waals surface area contributed by atoms with Gasteiger partial charge < -0.3 is 15.2 Å². The highest BCUT2D eigenvalue weighted by atomic mass is 16.5. The third-order valence-corrected chi connectivity index (χ3v) is 4.05. The second-order valence-corrected chi connectivity index (χ2v) is 5.10. The minimum absolute atomic E-state index is 0.117. The number of hydrogen-bond acceptors (Lipinski definition) is 3. The largest absolute Gasteiger partial charge is 0.496 e. The smallest absolute Gasteiger partial charge is 0.122 e. The summed E-state index contributed by atoms with van der Waals surface area (Å²) < 4.78 is 5.37. The quantitative estimate of drug-likeness (QED) is 0.856. The molecule has 1 aromatic rings. The molecule has 2 N–H and O–H groups in total. The maximum absolute atomic E-state index is 9.81. The zero-order chi connectivity index (χ0) is 13.0. The van der Waals surface area contributed by atoms with Crippen molar-refractivity contribution in [3.05, 3.63) is 29.3 Å². The Bertz CT molecular complexity index is 397. The highest BCUT2D eigenvalue weighted by Gasteiger charge is 2.33. The summed E-state index contributed by atoms with van der Waals surface area (Å²) in [7, 11) is 1.71. The molecule has 1 aliphatic heterocycles. The Balaban J connectivity index is 2.36. The fourth-order valence-corrected chi connectivity index (χ4v) is 2.83. The van der Waals surface area contributed by atoms with Crippen LogP contribution in [0, 0.1) is 0 Å². The summed E-state index contributed by atoms with van der Waals surface area (Å²) in [5.74, 6) is 0.943. The van der Waals surface area contributed by atoms with Crippen molar-refractivity contribution in [3.63, 3.8) is 0 Å². The number of aryl methyl sites for hydroxylation is 1. The first-order valence-electron chi connectivity index (χ1n) is 6.75. The van der Waals surface area contributed by atoms with Gasteiger partial charge >= 0.3 is 0 Å². The van der Waals surface area contributed by atoms with Crippen molar-refractivity contribution >= 4 is 0 Å². The maximum Gasteiger partial charge on any atom is 0.122 e. The Morgan fingerprint density at radius 3 is 2.83 bits per heavy atom. The third kappa shape index (κ3) is 2.38. The number of benzene rings is 1. The fraction of sp³-hybridized carbons (Fsp3) is 0.600. The van der Waals surface area contributed by atoms with Gasteiger partial charge in [0.25, 0.3) is 0 Å². The van der Waals surface area contributed by atoms with Crippen LogP contribution in [0.1, 0.15) is 30.9 Å². The standard InChI is InChI=1S/C15H23NO2/c1-3-12-9-13(5-6-14(12)18-2)15(11-17)7-4-8-16-10-15/h5-6,9,16-17H,3-4,7-8,10-11H2,1-2H3. The molecule has 1 heterocycles. The van der Waals surface area contributed by atoms with Gasteiger partial charge in [0.05, 0.1) is 13.7 Å². The van der Waals surface area contributed by atoms with Crippen molar-refractivity contribution in [1.82, 2.24) is 5.32 Å². The van der Waals surface area contributed by atoms with E-state index < -0.39 is 0 Å². The van der Waals surface area contributed by atoms with Crippen molar-refractivity contribution in [3.8, 4) is 5.75 Å². The molecule has 0 aromatic heterocycles. The van der Waals surface area contributed by atoms with Gasteiger partial charge in [-0.3, -0.25) is 0 Å². The lowest BCUT2D eigenvalue weighted by Crippen LogP contribution is -2.46. The van der Waals surface area contributed by atoms with E-state index in [1.807, 2.05) is 6.07 Å². The van der Waals surface area contributed by atoms with Gasteiger partial charge in [-0.1, -0.05) is 19.1 Å². The van der Waals surface area contributed by atoms with Gasteiger partial charge in [0.2, 0.25) is 0 Å². The molecule has 0 spiro atoms. The van der Waals surface area contributed by atoms with E-state index >= 15 is 0 Å². The number of nitrogens with one attached hydrogen (secondary N) is 1. The zero-order valence-electron chi connectivity index (χ0n) is 11.3. The minimum atomic E-state index is -0.117. The molecule has 1 unspecified atom stereocenters. The molecule has 0 saturated carbocycles. The predicted molar refractivity (Wildman–Crippen MR) is 73.2 cm³/mol. The van der Waals surface area contributed by atoms with Gasteiger partial charge in [0.15, 0.2) is 0 Å². The highest BCUT2D eigenvalue weighted by Crippen LogP contribution is 2.33. The van der Waals surface area contributed by atoms with Crippen LogP contribution in [-0.2, 0) is 11.8 Å². The molecule has 3 heteroatoms. The average molecular weight is 249 g/mol. The second kappa shape index (κ2) is 5.72. The van der Waals surface area contributed by atoms with Crippen LogP contribution >= 0.6 is 0 Å². The third-order valence-electron chi connectivity index (χ3n) is 4.05. The summed E-state index contributed by atoms with van der Waals surface area (Å²) in [5, 5.41) is 13.2. The fourth-order valence-electron chi connectivity index (χ4n) is 2.83. The van der Waals surface area contributed by atoms with Gasteiger partial charge in [0, 0.05) is 12.0 Å². The highest BCUT2D eigenvalue weighted by molar-refractivity contribution is 5.41. The number of rotatable bonds is 4. The van der Waals surface area contributed by atoms with Crippen molar-refractivity contribution in [1.29, 1.82) is 0 Å². The van der Waals surface area contributed by atoms with Crippen LogP contribution in [0.2, 0.25) is 0 Å². The molecule has 1 saturated heterocycles. The minimum Gasteiger partial charge on any atom is -0.496 e. The predicted octanol–water partition coefficient (Wildman–Crippen LogP) is 1.87. The number of aliphatic hydroxyl groups excluding tert-OH is 1. The topological polar surface area (TPSA) is 41.5 Å². The number of methoxy groups -OCH3 is 1. The lowest BCUT2D eigenvalue weighted by molar-refractivity contribution is 0.162. The second-order valence-electron chi connectivity index (χ2n) is 5.10. The summed E-state index contributed by atoms with van der Waals surface area (Å²) >= 11 is 0. The van der Waals surface area contributed by atoms with Gasteiger partial charge in [-0.05, 0) is 43.0 Å². The van der Waals surface area contributed by atoms with E-state index in [1.165, 1.54) is 11.1 Å². The summed E-state index contributed by atoms with van der Waals surface area (Å²) in [6.45, 7) is 4.25. The van der Waals surface area contributed by atoms with Crippen LogP contribution in [-0.4, -0.2) is 31.9 Å². The number of ether oxygens (including phenoxy) is 1. The molecule has 0 aliphatic carbocycles. The van der Waals surface area contributed by atoms with E-state index in [4.69, 9.17) is 4.74 Å². The SMILES string of the molecule is CCc1cc(C2(CO)CCCNC2)ccc1OC. The van der Waals surface area contributed by atoms with E-state index in [-0.39, 0.29) is 12.0 Å². The van der Waals surface area contributed by atoms with Crippen molar-refractivity contribution in [2.24, 2.45) is 0 Å². The Labute approximate surface area is 109 Å². The molecule has 3 nitrogen and oxygen atoms in total. The molecule has 2 rings (SSSR count). The van der Waals surface area contributed by atoms with Gasteiger partial charge in [0.1, 0.15) is 5.75 Å². The maximum atomic E-state index is 9.81. The summed E-state index contributed by atoms with van der Waals surface area (Å²) in [5.41, 5.74) is 2.33. The molecule has 18 heavy (non-hydrogen) atoms. The Morgan fingerprint density at radius 1 is 1.44 bits per heavy atom.